The predicted molar refractivity (Wildman–Crippen MR) is 104 cm³/mol. The predicted octanol–water partition coefficient (Wildman–Crippen LogP) is 4.51. The van der Waals surface area contributed by atoms with Crippen LogP contribution in [-0.2, 0) is 9.53 Å². The van der Waals surface area contributed by atoms with E-state index in [1.54, 1.807) is 25.3 Å². The van der Waals surface area contributed by atoms with Crippen LogP contribution in [0.5, 0.6) is 0 Å². The zero-order valence-corrected chi connectivity index (χ0v) is 15.8. The summed E-state index contributed by atoms with van der Waals surface area (Å²) >= 11 is 0. The lowest BCUT2D eigenvalue weighted by molar-refractivity contribution is -0.146. The molecule has 0 aromatic heterocycles. The van der Waals surface area contributed by atoms with Crippen molar-refractivity contribution in [2.75, 3.05) is 11.9 Å². The lowest BCUT2D eigenvalue weighted by Gasteiger charge is -2.28. The molecule has 5 nitrogen and oxygen atoms in total. The van der Waals surface area contributed by atoms with Crippen LogP contribution >= 0.6 is 0 Å². The van der Waals surface area contributed by atoms with E-state index in [9.17, 15) is 9.59 Å². The smallest absolute Gasteiger partial charge is 0.333 e. The number of nitrogens with one attached hydrogen (secondary N) is 1. The molecule has 1 aliphatic heterocycles. The molecule has 2 rings (SSSR count). The number of urea groups is 1. The van der Waals surface area contributed by atoms with Crippen molar-refractivity contribution in [1.82, 2.24) is 4.90 Å². The summed E-state index contributed by atoms with van der Waals surface area (Å²) in [5, 5.41) is 2.82. The Balaban J connectivity index is 2.45. The van der Waals surface area contributed by atoms with Gasteiger partial charge in [-0.05, 0) is 31.6 Å². The molecule has 1 N–H and O–H groups in total. The Morgan fingerprint density at radius 1 is 1.27 bits per heavy atom. The van der Waals surface area contributed by atoms with Gasteiger partial charge >= 0.3 is 12.0 Å². The summed E-state index contributed by atoms with van der Waals surface area (Å²) in [5.74, 6) is -0.479. The van der Waals surface area contributed by atoms with Gasteiger partial charge in [0.25, 0.3) is 0 Å². The Morgan fingerprint density at radius 2 is 1.92 bits per heavy atom. The minimum Gasteiger partial charge on any atom is -0.464 e. The molecule has 1 heterocycles. The highest BCUT2D eigenvalue weighted by Gasteiger charge is 2.36. The van der Waals surface area contributed by atoms with Crippen molar-refractivity contribution < 1.29 is 14.3 Å². The molecule has 0 bridgehead atoms. The Morgan fingerprint density at radius 3 is 2.50 bits per heavy atom. The molecule has 1 unspecified atom stereocenters. The zero-order valence-electron chi connectivity index (χ0n) is 15.8. The van der Waals surface area contributed by atoms with E-state index >= 15 is 0 Å². The quantitative estimate of drug-likeness (QED) is 0.810. The average molecular weight is 354 g/mol. The summed E-state index contributed by atoms with van der Waals surface area (Å²) in [6.07, 6.45) is 5.50. The highest BCUT2D eigenvalue weighted by molar-refractivity contribution is 5.95. The number of hydrogen-bond donors (Lipinski definition) is 1. The maximum Gasteiger partial charge on any atom is 0.333 e. The number of amides is 2. The fourth-order valence-corrected chi connectivity index (χ4v) is 2.75. The van der Waals surface area contributed by atoms with Crippen LogP contribution in [0.25, 0.3) is 0 Å². The summed E-state index contributed by atoms with van der Waals surface area (Å²) in [4.78, 5) is 27.0. The van der Waals surface area contributed by atoms with Gasteiger partial charge in [0.1, 0.15) is 0 Å². The van der Waals surface area contributed by atoms with Crippen LogP contribution in [-0.4, -0.2) is 29.5 Å². The molecule has 0 aliphatic carbocycles. The standard InChI is InChI=1S/C21H26N2O3/c1-6-26-19(24)18-17(15(2)3)14-21(4,5)12-13-23(18)20(25)22-16-10-8-7-9-11-16/h7-14,18H,2,6H2,1,3-5H3,(H,22,25). The molecule has 0 spiro atoms. The average Bonchev–Trinajstić information content (AvgIpc) is 2.72. The molecule has 26 heavy (non-hydrogen) atoms. The first kappa shape index (κ1) is 19.5. The van der Waals surface area contributed by atoms with Crippen LogP contribution in [0.2, 0.25) is 0 Å². The first-order chi connectivity index (χ1) is 12.2. The van der Waals surface area contributed by atoms with Crippen molar-refractivity contribution in [1.29, 1.82) is 0 Å². The van der Waals surface area contributed by atoms with E-state index in [0.717, 1.165) is 5.57 Å². The lowest BCUT2D eigenvalue weighted by Crippen LogP contribution is -2.45. The summed E-state index contributed by atoms with van der Waals surface area (Å²) in [7, 11) is 0. The minimum atomic E-state index is -0.880. The number of rotatable bonds is 4. The van der Waals surface area contributed by atoms with Crippen LogP contribution < -0.4 is 5.32 Å². The lowest BCUT2D eigenvalue weighted by atomic mass is 9.88. The molecule has 1 aromatic rings. The molecular formula is C21H26N2O3. The monoisotopic (exact) mass is 354 g/mol. The fourth-order valence-electron chi connectivity index (χ4n) is 2.75. The topological polar surface area (TPSA) is 58.6 Å². The van der Waals surface area contributed by atoms with E-state index in [-0.39, 0.29) is 12.0 Å². The molecular weight excluding hydrogens is 328 g/mol. The van der Waals surface area contributed by atoms with Crippen molar-refractivity contribution in [3.63, 3.8) is 0 Å². The van der Waals surface area contributed by atoms with Gasteiger partial charge in [-0.25, -0.2) is 9.59 Å². The van der Waals surface area contributed by atoms with Crippen LogP contribution in [0.3, 0.4) is 0 Å². The van der Waals surface area contributed by atoms with E-state index in [4.69, 9.17) is 4.74 Å². The number of ether oxygens (including phenoxy) is 1. The molecule has 0 radical (unpaired) electrons. The minimum absolute atomic E-state index is 0.236. The Hall–Kier alpha value is -2.82. The summed E-state index contributed by atoms with van der Waals surface area (Å²) in [5.41, 5.74) is 1.72. The second-order valence-electron chi connectivity index (χ2n) is 6.88. The number of para-hydroxylation sites is 1. The molecule has 138 valence electrons. The number of anilines is 1. The van der Waals surface area contributed by atoms with Crippen molar-refractivity contribution in [2.24, 2.45) is 5.41 Å². The van der Waals surface area contributed by atoms with Crippen molar-refractivity contribution in [3.05, 3.63) is 66.4 Å². The van der Waals surface area contributed by atoms with E-state index in [1.807, 2.05) is 51.1 Å². The Kier molecular flexibility index (Phi) is 6.03. The number of esters is 1. The first-order valence-corrected chi connectivity index (χ1v) is 8.64. The summed E-state index contributed by atoms with van der Waals surface area (Å²) in [6.45, 7) is 11.8. The fraction of sp³-hybridized carbons (Fsp3) is 0.333. The van der Waals surface area contributed by atoms with E-state index in [0.29, 0.717) is 11.3 Å². The molecule has 5 heteroatoms. The van der Waals surface area contributed by atoms with Gasteiger partial charge in [0.05, 0.1) is 6.61 Å². The molecule has 0 saturated heterocycles. The van der Waals surface area contributed by atoms with Gasteiger partial charge in [0.2, 0.25) is 0 Å². The summed E-state index contributed by atoms with van der Waals surface area (Å²) in [6, 6.07) is 7.83. The third-order valence-corrected chi connectivity index (χ3v) is 4.03. The maximum absolute atomic E-state index is 12.9. The third-order valence-electron chi connectivity index (χ3n) is 4.03. The molecule has 0 fully saturated rings. The summed E-state index contributed by atoms with van der Waals surface area (Å²) < 4.78 is 5.24. The second-order valence-corrected chi connectivity index (χ2v) is 6.88. The van der Waals surface area contributed by atoms with Crippen LogP contribution in [0, 0.1) is 5.41 Å². The number of nitrogens with zero attached hydrogens (tertiary/aromatic N) is 1. The first-order valence-electron chi connectivity index (χ1n) is 8.64. The van der Waals surface area contributed by atoms with Gasteiger partial charge in [-0.15, -0.1) is 0 Å². The molecule has 1 aliphatic rings. The molecule has 1 atom stereocenters. The second kappa shape index (κ2) is 8.04. The van der Waals surface area contributed by atoms with Crippen LogP contribution in [0.15, 0.2) is 66.4 Å². The largest absolute Gasteiger partial charge is 0.464 e. The highest BCUT2D eigenvalue weighted by atomic mass is 16.5. The van der Waals surface area contributed by atoms with Crippen molar-refractivity contribution in [3.8, 4) is 0 Å². The normalized spacial score (nSPS) is 18.5. The maximum atomic E-state index is 12.9. The van der Waals surface area contributed by atoms with Crippen LogP contribution in [0.1, 0.15) is 27.7 Å². The molecule has 0 saturated carbocycles. The van der Waals surface area contributed by atoms with Gasteiger partial charge in [-0.3, -0.25) is 4.90 Å². The van der Waals surface area contributed by atoms with Gasteiger partial charge in [-0.1, -0.05) is 56.4 Å². The van der Waals surface area contributed by atoms with E-state index in [2.05, 4.69) is 11.9 Å². The third kappa shape index (κ3) is 4.63. The van der Waals surface area contributed by atoms with Crippen molar-refractivity contribution in [2.45, 2.75) is 33.7 Å². The Bertz CT molecular complexity index is 748. The Labute approximate surface area is 155 Å². The van der Waals surface area contributed by atoms with Crippen molar-refractivity contribution >= 4 is 17.7 Å². The number of allylic oxidation sites excluding steroid dienone is 2. The van der Waals surface area contributed by atoms with Gasteiger partial charge in [0, 0.05) is 17.3 Å². The van der Waals surface area contributed by atoms with Gasteiger partial charge in [-0.2, -0.15) is 0 Å². The van der Waals surface area contributed by atoms with E-state index in [1.165, 1.54) is 4.90 Å². The number of carbonyl (C=O) groups excluding carboxylic acids is 2. The number of carbonyl (C=O) groups is 2. The van der Waals surface area contributed by atoms with Crippen LogP contribution in [0.4, 0.5) is 10.5 Å². The number of benzene rings is 1. The zero-order chi connectivity index (χ0) is 19.3. The van der Waals surface area contributed by atoms with Gasteiger partial charge < -0.3 is 10.1 Å². The molecule has 1 aromatic carbocycles. The number of hydrogen-bond acceptors (Lipinski definition) is 3. The van der Waals surface area contributed by atoms with Gasteiger partial charge in [0.15, 0.2) is 6.04 Å². The SMILES string of the molecule is C=C(C)C1=CC(C)(C)C=CN(C(=O)Nc2ccccc2)C1C(=O)OCC. The highest BCUT2D eigenvalue weighted by Crippen LogP contribution is 2.32. The van der Waals surface area contributed by atoms with E-state index < -0.39 is 18.0 Å². The molecule has 2 amide bonds.